The van der Waals surface area contributed by atoms with Gasteiger partial charge in [-0.25, -0.2) is 9.97 Å². The first-order valence-electron chi connectivity index (χ1n) is 16.8. The van der Waals surface area contributed by atoms with E-state index in [1.807, 2.05) is 18.2 Å². The lowest BCUT2D eigenvalue weighted by Gasteiger charge is -2.10. The summed E-state index contributed by atoms with van der Waals surface area (Å²) >= 11 is 1.77. The second-order valence-corrected chi connectivity index (χ2v) is 13.7. The minimum atomic E-state index is 0.739. The van der Waals surface area contributed by atoms with Crippen molar-refractivity contribution in [3.63, 3.8) is 0 Å². The van der Waals surface area contributed by atoms with E-state index in [-0.39, 0.29) is 0 Å². The average molecular weight is 656 g/mol. The van der Waals surface area contributed by atoms with Crippen molar-refractivity contribution in [1.29, 1.82) is 0 Å². The summed E-state index contributed by atoms with van der Waals surface area (Å²) in [5.74, 6) is 0.739. The molecule has 0 saturated heterocycles. The maximum atomic E-state index is 5.21. The molecule has 0 aliphatic carbocycles. The molecule has 0 unspecified atom stereocenters. The van der Waals surface area contributed by atoms with Crippen LogP contribution in [0, 0.1) is 0 Å². The maximum absolute atomic E-state index is 5.21. The smallest absolute Gasteiger partial charge is 0.160 e. The highest BCUT2D eigenvalue weighted by molar-refractivity contribution is 7.26. The summed E-state index contributed by atoms with van der Waals surface area (Å²) in [5, 5.41) is 3.68. The van der Waals surface area contributed by atoms with Crippen LogP contribution in [0.15, 0.2) is 176 Å². The topological polar surface area (TPSA) is 30.7 Å². The van der Waals surface area contributed by atoms with E-state index in [1.54, 1.807) is 11.3 Å². The average Bonchev–Trinajstić information content (AvgIpc) is 3.74. The highest BCUT2D eigenvalue weighted by atomic mass is 32.1. The Kier molecular flexibility index (Phi) is 6.68. The lowest BCUT2D eigenvalue weighted by atomic mass is 10.0. The third-order valence-corrected chi connectivity index (χ3v) is 10.8. The van der Waals surface area contributed by atoms with Crippen LogP contribution in [0.4, 0.5) is 0 Å². The number of hydrogen-bond donors (Lipinski definition) is 0. The largest absolute Gasteiger partial charge is 0.309 e. The van der Waals surface area contributed by atoms with E-state index in [2.05, 4.69) is 162 Å². The molecule has 7 aromatic carbocycles. The fourth-order valence-electron chi connectivity index (χ4n) is 7.21. The zero-order valence-electron chi connectivity index (χ0n) is 27.0. The van der Waals surface area contributed by atoms with Crippen molar-refractivity contribution in [2.75, 3.05) is 0 Å². The van der Waals surface area contributed by atoms with Gasteiger partial charge in [0, 0.05) is 37.7 Å². The molecule has 50 heavy (non-hydrogen) atoms. The van der Waals surface area contributed by atoms with Crippen LogP contribution >= 0.6 is 11.3 Å². The Bertz CT molecular complexity index is 2800. The van der Waals surface area contributed by atoms with Gasteiger partial charge in [-0.15, -0.1) is 11.3 Å². The predicted molar refractivity (Wildman–Crippen MR) is 211 cm³/mol. The quantitative estimate of drug-likeness (QED) is 0.185. The number of rotatable bonds is 5. The van der Waals surface area contributed by atoms with Crippen LogP contribution in [-0.4, -0.2) is 14.5 Å². The number of fused-ring (bicyclic) bond motifs is 6. The van der Waals surface area contributed by atoms with Gasteiger partial charge in [0.05, 0.1) is 26.9 Å². The molecule has 0 spiro atoms. The number of thiophene rings is 1. The zero-order chi connectivity index (χ0) is 33.0. The summed E-state index contributed by atoms with van der Waals surface area (Å²) in [7, 11) is 0. The van der Waals surface area contributed by atoms with Crippen LogP contribution in [0.1, 0.15) is 0 Å². The van der Waals surface area contributed by atoms with Crippen molar-refractivity contribution in [2.24, 2.45) is 0 Å². The Morgan fingerprint density at radius 2 is 0.960 bits per heavy atom. The van der Waals surface area contributed by atoms with Crippen LogP contribution < -0.4 is 0 Å². The lowest BCUT2D eigenvalue weighted by Crippen LogP contribution is -1.94. The van der Waals surface area contributed by atoms with Crippen molar-refractivity contribution < 1.29 is 0 Å². The normalized spacial score (nSPS) is 11.6. The van der Waals surface area contributed by atoms with Crippen LogP contribution in [0.3, 0.4) is 0 Å². The molecule has 0 aliphatic heterocycles. The van der Waals surface area contributed by atoms with Crippen LogP contribution in [-0.2, 0) is 0 Å². The molecule has 0 amide bonds. The summed E-state index contributed by atoms with van der Waals surface area (Å²) in [4.78, 5) is 10.4. The van der Waals surface area contributed by atoms with Gasteiger partial charge >= 0.3 is 0 Å². The van der Waals surface area contributed by atoms with Gasteiger partial charge < -0.3 is 4.57 Å². The molecule has 3 nitrogen and oxygen atoms in total. The Morgan fingerprint density at radius 3 is 1.68 bits per heavy atom. The van der Waals surface area contributed by atoms with Gasteiger partial charge in [0.1, 0.15) is 0 Å². The number of hydrogen-bond acceptors (Lipinski definition) is 3. The first-order chi connectivity index (χ1) is 24.8. The molecule has 0 fully saturated rings. The highest BCUT2D eigenvalue weighted by Gasteiger charge is 2.18. The van der Waals surface area contributed by atoms with Gasteiger partial charge in [0.15, 0.2) is 5.82 Å². The molecule has 0 radical (unpaired) electrons. The second-order valence-electron chi connectivity index (χ2n) is 12.6. The second kappa shape index (κ2) is 11.7. The van der Waals surface area contributed by atoms with Crippen molar-refractivity contribution in [3.05, 3.63) is 176 Å². The lowest BCUT2D eigenvalue weighted by molar-refractivity contribution is 1.18. The first kappa shape index (κ1) is 28.6. The van der Waals surface area contributed by atoms with E-state index in [0.29, 0.717) is 0 Å². The Morgan fingerprint density at radius 1 is 0.400 bits per heavy atom. The summed E-state index contributed by atoms with van der Waals surface area (Å²) < 4.78 is 4.67. The van der Waals surface area contributed by atoms with E-state index >= 15 is 0 Å². The van der Waals surface area contributed by atoms with Crippen molar-refractivity contribution in [3.8, 4) is 50.6 Å². The molecule has 10 aromatic rings. The molecule has 234 valence electrons. The molecular formula is C46H29N3S. The van der Waals surface area contributed by atoms with E-state index in [9.17, 15) is 0 Å². The minimum Gasteiger partial charge on any atom is -0.309 e. The Labute approximate surface area is 293 Å². The molecule has 3 aromatic heterocycles. The summed E-state index contributed by atoms with van der Waals surface area (Å²) in [5.41, 5.74) is 12.4. The molecular weight excluding hydrogens is 627 g/mol. The van der Waals surface area contributed by atoms with Gasteiger partial charge in [-0.3, -0.25) is 0 Å². The zero-order valence-corrected chi connectivity index (χ0v) is 27.8. The molecule has 0 N–H and O–H groups in total. The fourth-order valence-corrected chi connectivity index (χ4v) is 8.40. The molecule has 0 saturated carbocycles. The van der Waals surface area contributed by atoms with Crippen LogP contribution in [0.2, 0.25) is 0 Å². The molecule has 10 rings (SSSR count). The van der Waals surface area contributed by atoms with Gasteiger partial charge in [-0.05, 0) is 52.6 Å². The fraction of sp³-hybridized carbons (Fsp3) is 0. The van der Waals surface area contributed by atoms with Crippen LogP contribution in [0.25, 0.3) is 92.7 Å². The number of aromatic nitrogens is 3. The monoisotopic (exact) mass is 655 g/mol. The Hall–Kier alpha value is -6.36. The van der Waals surface area contributed by atoms with E-state index in [4.69, 9.17) is 9.97 Å². The van der Waals surface area contributed by atoms with Crippen molar-refractivity contribution in [1.82, 2.24) is 14.5 Å². The van der Waals surface area contributed by atoms with Gasteiger partial charge in [-0.1, -0.05) is 146 Å². The molecule has 0 atom stereocenters. The molecule has 0 aliphatic rings. The summed E-state index contributed by atoms with van der Waals surface area (Å²) in [6.45, 7) is 0. The standard InChI is InChI=1S/C46H29N3S/c1-3-12-30(13-4-1)31-22-24-32(25-23-31)43-45-44(48-46(47-43)33-14-5-2-6-15-33)39-27-26-35(29-42(39)50-45)34-16-11-17-36(28-34)49-40-20-9-7-18-37(40)38-19-8-10-21-41(38)49/h1-29H. The number of nitrogens with zero attached hydrogens (tertiary/aromatic N) is 3. The van der Waals surface area contributed by atoms with Gasteiger partial charge in [-0.2, -0.15) is 0 Å². The first-order valence-corrected chi connectivity index (χ1v) is 17.6. The van der Waals surface area contributed by atoms with Crippen molar-refractivity contribution >= 4 is 53.4 Å². The molecule has 4 heteroatoms. The highest BCUT2D eigenvalue weighted by Crippen LogP contribution is 2.42. The third kappa shape index (κ3) is 4.73. The maximum Gasteiger partial charge on any atom is 0.160 e. The van der Waals surface area contributed by atoms with E-state index in [0.717, 1.165) is 43.9 Å². The third-order valence-electron chi connectivity index (χ3n) is 9.63. The van der Waals surface area contributed by atoms with Gasteiger partial charge in [0.25, 0.3) is 0 Å². The van der Waals surface area contributed by atoms with Crippen molar-refractivity contribution in [2.45, 2.75) is 0 Å². The summed E-state index contributed by atoms with van der Waals surface area (Å²) in [6, 6.07) is 62.5. The minimum absolute atomic E-state index is 0.739. The SMILES string of the molecule is c1ccc(-c2ccc(-c3nc(-c4ccccc4)nc4c3sc3cc(-c5cccc(-n6c7ccccc7c7ccccc76)c5)ccc34)cc2)cc1. The Balaban J connectivity index is 1.12. The molecule has 0 bridgehead atoms. The van der Waals surface area contributed by atoms with E-state index in [1.165, 1.54) is 48.8 Å². The summed E-state index contributed by atoms with van der Waals surface area (Å²) in [6.07, 6.45) is 0. The number of benzene rings is 7. The molecule has 3 heterocycles. The predicted octanol–water partition coefficient (Wildman–Crippen LogP) is 12.6. The van der Waals surface area contributed by atoms with E-state index < -0.39 is 0 Å². The van der Waals surface area contributed by atoms with Gasteiger partial charge in [0.2, 0.25) is 0 Å². The van der Waals surface area contributed by atoms with Crippen LogP contribution in [0.5, 0.6) is 0 Å². The number of para-hydroxylation sites is 2.